The van der Waals surface area contributed by atoms with Gasteiger partial charge in [0, 0.05) is 13.2 Å². The molecule has 0 amide bonds. The highest BCUT2D eigenvalue weighted by Crippen LogP contribution is 2.29. The number of carbonyl (C=O) groups is 1. The molecule has 3 heteroatoms. The van der Waals surface area contributed by atoms with Crippen molar-refractivity contribution in [2.45, 2.75) is 26.2 Å². The van der Waals surface area contributed by atoms with Crippen molar-refractivity contribution in [1.29, 1.82) is 0 Å². The maximum absolute atomic E-state index is 11.2. The van der Waals surface area contributed by atoms with Crippen LogP contribution < -0.4 is 0 Å². The second kappa shape index (κ2) is 4.62. The van der Waals surface area contributed by atoms with Crippen LogP contribution in [0.3, 0.4) is 0 Å². The fourth-order valence-electron chi connectivity index (χ4n) is 2.54. The number of carbonyl (C=O) groups excluding carboxylic acids is 1. The minimum atomic E-state index is -0.194. The van der Waals surface area contributed by atoms with Crippen LogP contribution in [0.1, 0.15) is 26.2 Å². The molecule has 3 nitrogen and oxygen atoms in total. The molecule has 0 aromatic heterocycles. The third-order valence-corrected chi connectivity index (χ3v) is 3.80. The first kappa shape index (κ1) is 11.1. The quantitative estimate of drug-likeness (QED) is 0.659. The van der Waals surface area contributed by atoms with Crippen LogP contribution >= 0.6 is 0 Å². The van der Waals surface area contributed by atoms with Gasteiger partial charge < -0.3 is 14.4 Å². The van der Waals surface area contributed by atoms with E-state index in [-0.39, 0.29) is 5.41 Å². The Morgan fingerprint density at radius 2 is 2.20 bits per heavy atom. The van der Waals surface area contributed by atoms with E-state index in [1.165, 1.54) is 12.8 Å². The number of rotatable bonds is 3. The fraction of sp³-hybridized carbons (Fsp3) is 0.917. The molecule has 0 spiro atoms. The minimum absolute atomic E-state index is 0.194. The molecule has 2 rings (SSSR count). The van der Waals surface area contributed by atoms with Crippen LogP contribution in [0.5, 0.6) is 0 Å². The van der Waals surface area contributed by atoms with Gasteiger partial charge in [0.05, 0.1) is 12.0 Å². The van der Waals surface area contributed by atoms with Gasteiger partial charge in [0.1, 0.15) is 6.29 Å². The van der Waals surface area contributed by atoms with E-state index in [0.717, 1.165) is 44.9 Å². The standard InChI is InChI=1S/C12H21NO2/c1-11-2-5-13(6-3-11)8-12(9-14)4-7-15-10-12/h9,11H,2-8,10H2,1H3. The third-order valence-electron chi connectivity index (χ3n) is 3.80. The summed E-state index contributed by atoms with van der Waals surface area (Å²) in [6, 6.07) is 0. The summed E-state index contributed by atoms with van der Waals surface area (Å²) in [4.78, 5) is 13.6. The molecule has 0 radical (unpaired) electrons. The lowest BCUT2D eigenvalue weighted by molar-refractivity contribution is -0.117. The van der Waals surface area contributed by atoms with Crippen molar-refractivity contribution in [2.75, 3.05) is 32.8 Å². The Kier molecular flexibility index (Phi) is 3.42. The largest absolute Gasteiger partial charge is 0.380 e. The maximum Gasteiger partial charge on any atom is 0.129 e. The lowest BCUT2D eigenvalue weighted by Crippen LogP contribution is -2.43. The van der Waals surface area contributed by atoms with Gasteiger partial charge in [0.15, 0.2) is 0 Å². The van der Waals surface area contributed by atoms with Crippen molar-refractivity contribution in [3.8, 4) is 0 Å². The zero-order chi connectivity index (χ0) is 10.7. The van der Waals surface area contributed by atoms with Gasteiger partial charge in [-0.05, 0) is 38.3 Å². The molecular formula is C12H21NO2. The third kappa shape index (κ3) is 2.58. The predicted molar refractivity (Wildman–Crippen MR) is 58.8 cm³/mol. The molecule has 2 fully saturated rings. The van der Waals surface area contributed by atoms with E-state index in [9.17, 15) is 4.79 Å². The second-order valence-electron chi connectivity index (χ2n) is 5.24. The van der Waals surface area contributed by atoms with E-state index < -0.39 is 0 Å². The Balaban J connectivity index is 1.87. The first-order valence-corrected chi connectivity index (χ1v) is 6.00. The van der Waals surface area contributed by atoms with E-state index in [0.29, 0.717) is 6.61 Å². The average Bonchev–Trinajstić information content (AvgIpc) is 2.71. The van der Waals surface area contributed by atoms with E-state index in [4.69, 9.17) is 4.74 Å². The van der Waals surface area contributed by atoms with Gasteiger partial charge in [-0.25, -0.2) is 0 Å². The summed E-state index contributed by atoms with van der Waals surface area (Å²) in [7, 11) is 0. The Labute approximate surface area is 91.8 Å². The Morgan fingerprint density at radius 3 is 2.73 bits per heavy atom. The van der Waals surface area contributed by atoms with E-state index in [1.807, 2.05) is 0 Å². The summed E-state index contributed by atoms with van der Waals surface area (Å²) in [6.45, 7) is 6.90. The maximum atomic E-state index is 11.2. The number of ether oxygens (including phenoxy) is 1. The van der Waals surface area contributed by atoms with Crippen LogP contribution in [0, 0.1) is 11.3 Å². The minimum Gasteiger partial charge on any atom is -0.380 e. The van der Waals surface area contributed by atoms with Crippen LogP contribution in [0.15, 0.2) is 0 Å². The molecule has 1 atom stereocenters. The van der Waals surface area contributed by atoms with Crippen molar-refractivity contribution in [3.05, 3.63) is 0 Å². The first-order valence-electron chi connectivity index (χ1n) is 6.00. The van der Waals surface area contributed by atoms with E-state index in [2.05, 4.69) is 11.8 Å². The van der Waals surface area contributed by atoms with Crippen molar-refractivity contribution in [3.63, 3.8) is 0 Å². The van der Waals surface area contributed by atoms with Crippen molar-refractivity contribution < 1.29 is 9.53 Å². The second-order valence-corrected chi connectivity index (χ2v) is 5.24. The fourth-order valence-corrected chi connectivity index (χ4v) is 2.54. The van der Waals surface area contributed by atoms with Crippen LogP contribution in [-0.4, -0.2) is 44.0 Å². The van der Waals surface area contributed by atoms with Crippen molar-refractivity contribution >= 4 is 6.29 Å². The number of hydrogen-bond acceptors (Lipinski definition) is 3. The van der Waals surface area contributed by atoms with Crippen LogP contribution in [0.4, 0.5) is 0 Å². The Bertz CT molecular complexity index is 216. The first-order chi connectivity index (χ1) is 7.24. The summed E-state index contributed by atoms with van der Waals surface area (Å²) in [5.41, 5.74) is -0.194. The highest BCUT2D eigenvalue weighted by atomic mass is 16.5. The summed E-state index contributed by atoms with van der Waals surface area (Å²) in [6.07, 6.45) is 4.58. The van der Waals surface area contributed by atoms with Gasteiger partial charge in [-0.1, -0.05) is 6.92 Å². The van der Waals surface area contributed by atoms with Crippen LogP contribution in [0.25, 0.3) is 0 Å². The summed E-state index contributed by atoms with van der Waals surface area (Å²) < 4.78 is 5.36. The topological polar surface area (TPSA) is 29.5 Å². The molecule has 1 unspecified atom stereocenters. The Morgan fingerprint density at radius 1 is 1.47 bits per heavy atom. The highest BCUT2D eigenvalue weighted by Gasteiger charge is 2.36. The predicted octanol–water partition coefficient (Wildman–Crippen LogP) is 1.32. The zero-order valence-electron chi connectivity index (χ0n) is 9.58. The molecule has 0 N–H and O–H groups in total. The lowest BCUT2D eigenvalue weighted by atomic mass is 9.87. The lowest BCUT2D eigenvalue weighted by Gasteiger charge is -2.35. The SMILES string of the molecule is CC1CCN(CC2(C=O)CCOC2)CC1. The molecule has 0 bridgehead atoms. The van der Waals surface area contributed by atoms with Gasteiger partial charge in [-0.15, -0.1) is 0 Å². The summed E-state index contributed by atoms with van der Waals surface area (Å²) in [5.74, 6) is 0.855. The normalized spacial score (nSPS) is 34.5. The Hall–Kier alpha value is -0.410. The number of hydrogen-bond donors (Lipinski definition) is 0. The van der Waals surface area contributed by atoms with E-state index >= 15 is 0 Å². The van der Waals surface area contributed by atoms with Crippen molar-refractivity contribution in [1.82, 2.24) is 4.90 Å². The number of aldehydes is 1. The molecule has 0 aliphatic carbocycles. The van der Waals surface area contributed by atoms with E-state index in [1.54, 1.807) is 0 Å². The molecule has 2 aliphatic rings. The molecule has 2 aliphatic heterocycles. The highest BCUT2D eigenvalue weighted by molar-refractivity contribution is 5.60. The van der Waals surface area contributed by atoms with Crippen LogP contribution in [-0.2, 0) is 9.53 Å². The average molecular weight is 211 g/mol. The molecule has 0 aromatic rings. The van der Waals surface area contributed by atoms with Crippen LogP contribution in [0.2, 0.25) is 0 Å². The number of nitrogens with zero attached hydrogens (tertiary/aromatic N) is 1. The molecule has 0 aromatic carbocycles. The molecular weight excluding hydrogens is 190 g/mol. The van der Waals surface area contributed by atoms with Gasteiger partial charge in [-0.3, -0.25) is 0 Å². The van der Waals surface area contributed by atoms with Gasteiger partial charge in [0.25, 0.3) is 0 Å². The summed E-state index contributed by atoms with van der Waals surface area (Å²) in [5, 5.41) is 0. The van der Waals surface area contributed by atoms with Gasteiger partial charge in [-0.2, -0.15) is 0 Å². The smallest absolute Gasteiger partial charge is 0.129 e. The molecule has 15 heavy (non-hydrogen) atoms. The molecule has 86 valence electrons. The zero-order valence-corrected chi connectivity index (χ0v) is 9.58. The van der Waals surface area contributed by atoms with Crippen molar-refractivity contribution in [2.24, 2.45) is 11.3 Å². The molecule has 0 saturated carbocycles. The number of likely N-dealkylation sites (tertiary alicyclic amines) is 1. The van der Waals surface area contributed by atoms with Gasteiger partial charge in [0.2, 0.25) is 0 Å². The summed E-state index contributed by atoms with van der Waals surface area (Å²) >= 11 is 0. The monoisotopic (exact) mass is 211 g/mol. The molecule has 2 heterocycles. The molecule has 2 saturated heterocycles. The van der Waals surface area contributed by atoms with Gasteiger partial charge >= 0.3 is 0 Å². The number of piperidine rings is 1.